The zero-order valence-corrected chi connectivity index (χ0v) is 15.5. The number of carbonyl (C=O) groups is 3. The van der Waals surface area contributed by atoms with Crippen LogP contribution in [0.4, 0.5) is 5.69 Å². The second-order valence-corrected chi connectivity index (χ2v) is 6.21. The third-order valence-corrected chi connectivity index (χ3v) is 3.86. The lowest BCUT2D eigenvalue weighted by molar-refractivity contribution is -0.154. The first kappa shape index (κ1) is 20.2. The Kier molecular flexibility index (Phi) is 7.55. The van der Waals surface area contributed by atoms with Crippen molar-refractivity contribution in [3.8, 4) is 0 Å². The SMILES string of the molecule is CC(=O)Nc1ccc(CC(=O)O[C@@H](C)C(=O)NCCc2ccccc2)cc1. The lowest BCUT2D eigenvalue weighted by atomic mass is 10.1. The van der Waals surface area contributed by atoms with Gasteiger partial charge >= 0.3 is 5.97 Å². The van der Waals surface area contributed by atoms with Gasteiger partial charge in [0.25, 0.3) is 5.91 Å². The second-order valence-electron chi connectivity index (χ2n) is 6.21. The number of hydrogen-bond donors (Lipinski definition) is 2. The minimum Gasteiger partial charge on any atom is -0.452 e. The molecule has 6 heteroatoms. The summed E-state index contributed by atoms with van der Waals surface area (Å²) in [4.78, 5) is 35.0. The van der Waals surface area contributed by atoms with E-state index in [1.807, 2.05) is 30.3 Å². The standard InChI is InChI=1S/C21H24N2O4/c1-15(21(26)22-13-12-17-6-4-3-5-7-17)27-20(25)14-18-8-10-19(11-9-18)23-16(2)24/h3-11,15H,12-14H2,1-2H3,(H,22,26)(H,23,24)/t15-/m0/s1. The Labute approximate surface area is 158 Å². The molecule has 0 fully saturated rings. The molecule has 0 saturated carbocycles. The van der Waals surface area contributed by atoms with Crippen molar-refractivity contribution in [1.29, 1.82) is 0 Å². The molecule has 0 aliphatic rings. The Balaban J connectivity index is 1.73. The van der Waals surface area contributed by atoms with E-state index in [1.165, 1.54) is 6.92 Å². The average molecular weight is 368 g/mol. The van der Waals surface area contributed by atoms with Crippen molar-refractivity contribution in [2.24, 2.45) is 0 Å². The largest absolute Gasteiger partial charge is 0.452 e. The number of benzene rings is 2. The van der Waals surface area contributed by atoms with E-state index in [9.17, 15) is 14.4 Å². The fourth-order valence-corrected chi connectivity index (χ4v) is 2.49. The zero-order chi connectivity index (χ0) is 19.6. The number of esters is 1. The molecule has 0 spiro atoms. The molecular weight excluding hydrogens is 344 g/mol. The van der Waals surface area contributed by atoms with E-state index >= 15 is 0 Å². The summed E-state index contributed by atoms with van der Waals surface area (Å²) in [7, 11) is 0. The van der Waals surface area contributed by atoms with Crippen LogP contribution < -0.4 is 10.6 Å². The number of carbonyl (C=O) groups excluding carboxylic acids is 3. The van der Waals surface area contributed by atoms with Gasteiger partial charge in [-0.15, -0.1) is 0 Å². The van der Waals surface area contributed by atoms with Crippen molar-refractivity contribution >= 4 is 23.5 Å². The van der Waals surface area contributed by atoms with Gasteiger partial charge in [0.15, 0.2) is 6.10 Å². The normalized spacial score (nSPS) is 11.3. The van der Waals surface area contributed by atoms with E-state index in [2.05, 4.69) is 10.6 Å². The fourth-order valence-electron chi connectivity index (χ4n) is 2.49. The van der Waals surface area contributed by atoms with Crippen LogP contribution in [-0.4, -0.2) is 30.4 Å². The zero-order valence-electron chi connectivity index (χ0n) is 15.5. The van der Waals surface area contributed by atoms with Crippen LogP contribution in [0.2, 0.25) is 0 Å². The summed E-state index contributed by atoms with van der Waals surface area (Å²) >= 11 is 0. The highest BCUT2D eigenvalue weighted by Gasteiger charge is 2.17. The first-order chi connectivity index (χ1) is 12.9. The van der Waals surface area contributed by atoms with Crippen LogP contribution in [-0.2, 0) is 32.0 Å². The molecule has 0 bridgehead atoms. The molecule has 0 heterocycles. The van der Waals surface area contributed by atoms with E-state index in [-0.39, 0.29) is 18.2 Å². The van der Waals surface area contributed by atoms with Gasteiger partial charge in [0.2, 0.25) is 5.91 Å². The number of rotatable bonds is 8. The predicted octanol–water partition coefficient (Wildman–Crippen LogP) is 2.48. The van der Waals surface area contributed by atoms with E-state index in [4.69, 9.17) is 4.74 Å². The maximum Gasteiger partial charge on any atom is 0.311 e. The molecule has 0 aromatic heterocycles. The van der Waals surface area contributed by atoms with Crippen molar-refractivity contribution < 1.29 is 19.1 Å². The summed E-state index contributed by atoms with van der Waals surface area (Å²) in [5.74, 6) is -0.956. The molecule has 0 radical (unpaired) electrons. The van der Waals surface area contributed by atoms with Gasteiger partial charge in [-0.1, -0.05) is 42.5 Å². The van der Waals surface area contributed by atoms with Crippen LogP contribution in [0, 0.1) is 0 Å². The molecule has 6 nitrogen and oxygen atoms in total. The molecule has 27 heavy (non-hydrogen) atoms. The Bertz CT molecular complexity index is 773. The first-order valence-electron chi connectivity index (χ1n) is 8.81. The van der Waals surface area contributed by atoms with Crippen LogP contribution >= 0.6 is 0 Å². The van der Waals surface area contributed by atoms with E-state index in [0.717, 1.165) is 11.1 Å². The summed E-state index contributed by atoms with van der Waals surface area (Å²) in [6.07, 6.45) is -0.0810. The summed E-state index contributed by atoms with van der Waals surface area (Å²) < 4.78 is 5.19. The molecule has 2 aromatic carbocycles. The number of amides is 2. The summed E-state index contributed by atoms with van der Waals surface area (Å²) in [5.41, 5.74) is 2.53. The van der Waals surface area contributed by atoms with Crippen molar-refractivity contribution in [2.75, 3.05) is 11.9 Å². The number of nitrogens with one attached hydrogen (secondary N) is 2. The van der Waals surface area contributed by atoms with Crippen molar-refractivity contribution in [3.05, 3.63) is 65.7 Å². The monoisotopic (exact) mass is 368 g/mol. The number of ether oxygens (including phenoxy) is 1. The quantitative estimate of drug-likeness (QED) is 0.701. The topological polar surface area (TPSA) is 84.5 Å². The van der Waals surface area contributed by atoms with Crippen molar-refractivity contribution in [3.63, 3.8) is 0 Å². The molecule has 142 valence electrons. The van der Waals surface area contributed by atoms with Gasteiger partial charge in [0.1, 0.15) is 0 Å². The lowest BCUT2D eigenvalue weighted by Gasteiger charge is -2.13. The molecule has 2 aromatic rings. The summed E-state index contributed by atoms with van der Waals surface area (Å²) in [6, 6.07) is 16.7. The molecule has 0 aliphatic heterocycles. The number of anilines is 1. The maximum absolute atomic E-state index is 12.0. The molecule has 2 N–H and O–H groups in total. The molecule has 2 amide bonds. The van der Waals surface area contributed by atoms with Crippen LogP contribution in [0.15, 0.2) is 54.6 Å². The first-order valence-corrected chi connectivity index (χ1v) is 8.81. The van der Waals surface area contributed by atoms with Crippen molar-refractivity contribution in [2.45, 2.75) is 32.8 Å². The van der Waals surface area contributed by atoms with Gasteiger partial charge in [0, 0.05) is 19.2 Å². The van der Waals surface area contributed by atoms with Crippen LogP contribution in [0.3, 0.4) is 0 Å². The Hall–Kier alpha value is -3.15. The predicted molar refractivity (Wildman–Crippen MR) is 103 cm³/mol. The van der Waals surface area contributed by atoms with Gasteiger partial charge in [0.05, 0.1) is 6.42 Å². The molecule has 2 rings (SSSR count). The molecule has 0 unspecified atom stereocenters. The van der Waals surface area contributed by atoms with Crippen LogP contribution in [0.25, 0.3) is 0 Å². The summed E-state index contributed by atoms with van der Waals surface area (Å²) in [5, 5.41) is 5.43. The average Bonchev–Trinajstić information content (AvgIpc) is 2.63. The van der Waals surface area contributed by atoms with Crippen LogP contribution in [0.1, 0.15) is 25.0 Å². The van der Waals surface area contributed by atoms with Gasteiger partial charge in [-0.25, -0.2) is 0 Å². The minimum absolute atomic E-state index is 0.0575. The second kappa shape index (κ2) is 10.1. The Morgan fingerprint density at radius 2 is 1.63 bits per heavy atom. The smallest absolute Gasteiger partial charge is 0.311 e. The summed E-state index contributed by atoms with van der Waals surface area (Å²) in [6.45, 7) is 3.46. The van der Waals surface area contributed by atoms with Gasteiger partial charge in [-0.05, 0) is 36.6 Å². The van der Waals surface area contributed by atoms with Gasteiger partial charge in [-0.3, -0.25) is 14.4 Å². The fraction of sp³-hybridized carbons (Fsp3) is 0.286. The highest BCUT2D eigenvalue weighted by atomic mass is 16.5. The number of hydrogen-bond acceptors (Lipinski definition) is 4. The molecule has 0 aliphatic carbocycles. The van der Waals surface area contributed by atoms with Gasteiger partial charge < -0.3 is 15.4 Å². The Morgan fingerprint density at radius 3 is 2.26 bits per heavy atom. The Morgan fingerprint density at radius 1 is 0.963 bits per heavy atom. The lowest BCUT2D eigenvalue weighted by Crippen LogP contribution is -2.37. The third kappa shape index (κ3) is 7.32. The molecule has 1 atom stereocenters. The minimum atomic E-state index is -0.855. The van der Waals surface area contributed by atoms with E-state index < -0.39 is 12.1 Å². The molecular formula is C21H24N2O4. The van der Waals surface area contributed by atoms with E-state index in [0.29, 0.717) is 18.7 Å². The van der Waals surface area contributed by atoms with Gasteiger partial charge in [-0.2, -0.15) is 0 Å². The van der Waals surface area contributed by atoms with Crippen molar-refractivity contribution in [1.82, 2.24) is 5.32 Å². The molecule has 0 saturated heterocycles. The van der Waals surface area contributed by atoms with Crippen LogP contribution in [0.5, 0.6) is 0 Å². The maximum atomic E-state index is 12.0. The highest BCUT2D eigenvalue weighted by molar-refractivity contribution is 5.88. The third-order valence-electron chi connectivity index (χ3n) is 3.86. The highest BCUT2D eigenvalue weighted by Crippen LogP contribution is 2.11. The van der Waals surface area contributed by atoms with E-state index in [1.54, 1.807) is 31.2 Å².